The minimum Gasteiger partial charge on any atom is -0.388 e. The third kappa shape index (κ3) is 1.09. The van der Waals surface area contributed by atoms with Crippen molar-refractivity contribution in [3.63, 3.8) is 0 Å². The Morgan fingerprint density at radius 1 is 1.23 bits per heavy atom. The average molecular weight is 181 g/mol. The van der Waals surface area contributed by atoms with Crippen LogP contribution in [-0.2, 0) is 9.59 Å². The molecule has 4 atom stereocenters. The molecule has 4 heteroatoms. The molecular weight excluding hydrogens is 170 g/mol. The number of hydrogen-bond acceptors (Lipinski definition) is 3. The van der Waals surface area contributed by atoms with Gasteiger partial charge in [-0.2, -0.15) is 0 Å². The van der Waals surface area contributed by atoms with Crippen molar-refractivity contribution < 1.29 is 14.7 Å². The van der Waals surface area contributed by atoms with Gasteiger partial charge in [0.1, 0.15) is 0 Å². The van der Waals surface area contributed by atoms with E-state index in [4.69, 9.17) is 0 Å². The number of hydrogen-bond donors (Lipinski definition) is 2. The Morgan fingerprint density at radius 2 is 1.85 bits per heavy atom. The summed E-state index contributed by atoms with van der Waals surface area (Å²) in [6.07, 6.45) is 2.56. The molecule has 0 spiro atoms. The second kappa shape index (κ2) is 2.67. The van der Waals surface area contributed by atoms with Crippen molar-refractivity contribution in [3.05, 3.63) is 12.2 Å². The van der Waals surface area contributed by atoms with Crippen molar-refractivity contribution in [2.75, 3.05) is 0 Å². The molecule has 0 unspecified atom stereocenters. The monoisotopic (exact) mass is 181 g/mol. The molecule has 1 aliphatic heterocycles. The van der Waals surface area contributed by atoms with Crippen LogP contribution in [-0.4, -0.2) is 23.0 Å². The Bertz CT molecular complexity index is 269. The van der Waals surface area contributed by atoms with E-state index in [1.165, 1.54) is 0 Å². The van der Waals surface area contributed by atoms with E-state index in [0.29, 0.717) is 0 Å². The standard InChI is InChI=1S/C9H11NO3/c1-4-2-3-5(11)7-6(4)8(12)10-9(7)13/h2-7,11H,1H3,(H,10,12,13)/t4-,5+,6-,7+/m0/s1. The number of carbonyl (C=O) groups excluding carboxylic acids is 2. The van der Waals surface area contributed by atoms with E-state index in [0.717, 1.165) is 0 Å². The van der Waals surface area contributed by atoms with Crippen LogP contribution in [0.25, 0.3) is 0 Å². The van der Waals surface area contributed by atoms with Gasteiger partial charge in [0.2, 0.25) is 11.8 Å². The van der Waals surface area contributed by atoms with Crippen molar-refractivity contribution in [1.29, 1.82) is 0 Å². The molecule has 0 bridgehead atoms. The number of carbonyl (C=O) groups is 2. The van der Waals surface area contributed by atoms with Crippen LogP contribution >= 0.6 is 0 Å². The lowest BCUT2D eigenvalue weighted by Crippen LogP contribution is -2.35. The fraction of sp³-hybridized carbons (Fsp3) is 0.556. The van der Waals surface area contributed by atoms with Gasteiger partial charge >= 0.3 is 0 Å². The quantitative estimate of drug-likeness (QED) is 0.389. The molecule has 1 fully saturated rings. The van der Waals surface area contributed by atoms with Gasteiger partial charge in [-0.25, -0.2) is 0 Å². The lowest BCUT2D eigenvalue weighted by Gasteiger charge is -2.26. The summed E-state index contributed by atoms with van der Waals surface area (Å²) < 4.78 is 0. The zero-order valence-electron chi connectivity index (χ0n) is 7.23. The van der Waals surface area contributed by atoms with E-state index in [-0.39, 0.29) is 23.7 Å². The summed E-state index contributed by atoms with van der Waals surface area (Å²) in [6, 6.07) is 0. The maximum Gasteiger partial charge on any atom is 0.233 e. The molecule has 0 saturated carbocycles. The summed E-state index contributed by atoms with van der Waals surface area (Å²) in [4.78, 5) is 22.5. The van der Waals surface area contributed by atoms with Gasteiger partial charge in [0.25, 0.3) is 0 Å². The highest BCUT2D eigenvalue weighted by Gasteiger charge is 2.48. The van der Waals surface area contributed by atoms with Crippen LogP contribution < -0.4 is 5.32 Å². The maximum atomic E-state index is 11.3. The molecular formula is C9H11NO3. The fourth-order valence-corrected chi connectivity index (χ4v) is 2.08. The molecule has 4 nitrogen and oxygen atoms in total. The Labute approximate surface area is 75.6 Å². The molecule has 2 amide bonds. The number of fused-ring (bicyclic) bond motifs is 1. The van der Waals surface area contributed by atoms with E-state index in [1.54, 1.807) is 12.2 Å². The smallest absolute Gasteiger partial charge is 0.233 e. The first kappa shape index (κ1) is 8.44. The molecule has 0 radical (unpaired) electrons. The molecule has 2 N–H and O–H groups in total. The lowest BCUT2D eigenvalue weighted by molar-refractivity contribution is -0.126. The number of amides is 2. The van der Waals surface area contributed by atoms with Crippen LogP contribution in [0, 0.1) is 17.8 Å². The van der Waals surface area contributed by atoms with E-state index in [9.17, 15) is 14.7 Å². The summed E-state index contributed by atoms with van der Waals surface area (Å²) in [5.74, 6) is -1.54. The molecule has 2 aliphatic rings. The van der Waals surface area contributed by atoms with Crippen LogP contribution in [0.1, 0.15) is 6.92 Å². The number of imide groups is 1. The summed E-state index contributed by atoms with van der Waals surface area (Å²) in [7, 11) is 0. The molecule has 13 heavy (non-hydrogen) atoms. The molecule has 70 valence electrons. The fourth-order valence-electron chi connectivity index (χ4n) is 2.08. The largest absolute Gasteiger partial charge is 0.388 e. The predicted molar refractivity (Wildman–Crippen MR) is 44.4 cm³/mol. The van der Waals surface area contributed by atoms with Gasteiger partial charge in [0, 0.05) is 0 Å². The number of rotatable bonds is 0. The van der Waals surface area contributed by atoms with Crippen LogP contribution in [0.2, 0.25) is 0 Å². The molecule has 0 aromatic heterocycles. The highest BCUT2D eigenvalue weighted by atomic mass is 16.3. The molecule has 0 aromatic carbocycles. The zero-order chi connectivity index (χ0) is 9.59. The number of aliphatic hydroxyl groups excluding tert-OH is 1. The Morgan fingerprint density at radius 3 is 2.46 bits per heavy atom. The van der Waals surface area contributed by atoms with E-state index in [1.807, 2.05) is 6.92 Å². The third-order valence-corrected chi connectivity index (χ3v) is 2.79. The van der Waals surface area contributed by atoms with Gasteiger partial charge in [-0.1, -0.05) is 19.1 Å². The predicted octanol–water partition coefficient (Wildman–Crippen LogP) is -0.558. The summed E-state index contributed by atoms with van der Waals surface area (Å²) in [6.45, 7) is 1.87. The zero-order valence-corrected chi connectivity index (χ0v) is 7.23. The summed E-state index contributed by atoms with van der Waals surface area (Å²) >= 11 is 0. The van der Waals surface area contributed by atoms with Crippen LogP contribution in [0.4, 0.5) is 0 Å². The minimum atomic E-state index is -0.812. The molecule has 1 aliphatic carbocycles. The van der Waals surface area contributed by atoms with Gasteiger partial charge in [-0.3, -0.25) is 14.9 Å². The third-order valence-electron chi connectivity index (χ3n) is 2.79. The van der Waals surface area contributed by atoms with Crippen LogP contribution in [0.3, 0.4) is 0 Å². The Hall–Kier alpha value is -1.16. The van der Waals surface area contributed by atoms with Crippen molar-refractivity contribution >= 4 is 11.8 Å². The highest BCUT2D eigenvalue weighted by molar-refractivity contribution is 6.05. The van der Waals surface area contributed by atoms with E-state index < -0.39 is 12.0 Å². The van der Waals surface area contributed by atoms with Gasteiger partial charge in [-0.05, 0) is 5.92 Å². The Kier molecular flexibility index (Phi) is 1.73. The minimum absolute atomic E-state index is 0.0276. The first-order chi connectivity index (χ1) is 6.11. The van der Waals surface area contributed by atoms with Crippen LogP contribution in [0.15, 0.2) is 12.2 Å². The van der Waals surface area contributed by atoms with Gasteiger partial charge in [0.15, 0.2) is 0 Å². The lowest BCUT2D eigenvalue weighted by atomic mass is 9.77. The van der Waals surface area contributed by atoms with Gasteiger partial charge < -0.3 is 5.11 Å². The van der Waals surface area contributed by atoms with Gasteiger partial charge in [-0.15, -0.1) is 0 Å². The second-order valence-electron chi connectivity index (χ2n) is 3.64. The summed E-state index contributed by atoms with van der Waals surface area (Å²) in [5.41, 5.74) is 0. The molecule has 1 saturated heterocycles. The SMILES string of the molecule is C[C@H]1C=C[C@@H](O)[C@H]2C(=O)NC(=O)[C@H]21. The number of aliphatic hydroxyl groups is 1. The first-order valence-corrected chi connectivity index (χ1v) is 4.32. The Balaban J connectivity index is 2.38. The van der Waals surface area contributed by atoms with Crippen molar-refractivity contribution in [3.8, 4) is 0 Å². The first-order valence-electron chi connectivity index (χ1n) is 4.32. The summed E-state index contributed by atoms with van der Waals surface area (Å²) in [5, 5.41) is 11.7. The van der Waals surface area contributed by atoms with Crippen LogP contribution in [0.5, 0.6) is 0 Å². The second-order valence-corrected chi connectivity index (χ2v) is 3.64. The molecule has 1 heterocycles. The number of allylic oxidation sites excluding steroid dienone is 1. The van der Waals surface area contributed by atoms with Gasteiger partial charge in [0.05, 0.1) is 17.9 Å². The highest BCUT2D eigenvalue weighted by Crippen LogP contribution is 2.34. The maximum absolute atomic E-state index is 11.3. The number of nitrogens with one attached hydrogen (secondary N) is 1. The van der Waals surface area contributed by atoms with Crippen molar-refractivity contribution in [2.45, 2.75) is 13.0 Å². The van der Waals surface area contributed by atoms with E-state index in [2.05, 4.69) is 5.32 Å². The normalized spacial score (nSPS) is 43.2. The van der Waals surface area contributed by atoms with E-state index >= 15 is 0 Å². The topological polar surface area (TPSA) is 66.4 Å². The molecule has 2 rings (SSSR count). The molecule has 0 aromatic rings. The van der Waals surface area contributed by atoms with Crippen molar-refractivity contribution in [2.24, 2.45) is 17.8 Å². The van der Waals surface area contributed by atoms with Crippen molar-refractivity contribution in [1.82, 2.24) is 5.32 Å². The average Bonchev–Trinajstić information content (AvgIpc) is 2.36.